The molecule has 3 aromatic rings. The fourth-order valence-corrected chi connectivity index (χ4v) is 6.28. The molecular formula is C27H30F2N4O. The van der Waals surface area contributed by atoms with Crippen LogP contribution in [0.1, 0.15) is 74.3 Å². The summed E-state index contributed by atoms with van der Waals surface area (Å²) in [6, 6.07) is 13.3. The molecule has 2 aliphatic rings. The van der Waals surface area contributed by atoms with Crippen molar-refractivity contribution in [1.29, 1.82) is 0 Å². The lowest BCUT2D eigenvalue weighted by Crippen LogP contribution is -2.31. The van der Waals surface area contributed by atoms with Crippen molar-refractivity contribution in [2.24, 2.45) is 5.41 Å². The van der Waals surface area contributed by atoms with Gasteiger partial charge in [-0.3, -0.25) is 4.79 Å². The van der Waals surface area contributed by atoms with Crippen LogP contribution in [0.25, 0.3) is 5.82 Å². The summed E-state index contributed by atoms with van der Waals surface area (Å²) in [5.41, 5.74) is 2.02. The number of amides is 1. The summed E-state index contributed by atoms with van der Waals surface area (Å²) < 4.78 is 31.3. The number of aromatic nitrogens is 3. The molecule has 0 aliphatic heterocycles. The molecule has 2 aliphatic carbocycles. The Morgan fingerprint density at radius 3 is 2.56 bits per heavy atom. The molecule has 0 saturated heterocycles. The van der Waals surface area contributed by atoms with Crippen molar-refractivity contribution in [2.75, 3.05) is 7.05 Å². The fourth-order valence-electron chi connectivity index (χ4n) is 6.28. The highest BCUT2D eigenvalue weighted by Crippen LogP contribution is 2.71. The van der Waals surface area contributed by atoms with Crippen LogP contribution in [0.5, 0.6) is 0 Å². The first-order chi connectivity index (χ1) is 16.2. The fraction of sp³-hybridized carbons (Fsp3) is 0.444. The number of carbonyl (C=O) groups is 1. The molecule has 1 aromatic carbocycles. The van der Waals surface area contributed by atoms with Gasteiger partial charge in [0.2, 0.25) is 5.91 Å². The Morgan fingerprint density at radius 1 is 1.21 bits per heavy atom. The Kier molecular flexibility index (Phi) is 5.15. The van der Waals surface area contributed by atoms with Gasteiger partial charge in [0.1, 0.15) is 5.41 Å². The third-order valence-electron chi connectivity index (χ3n) is 8.03. The molecule has 7 heteroatoms. The maximum absolute atomic E-state index is 14.7. The number of benzene rings is 1. The minimum atomic E-state index is -3.06. The third kappa shape index (κ3) is 2.91. The van der Waals surface area contributed by atoms with E-state index in [9.17, 15) is 13.6 Å². The molecule has 1 N–H and O–H groups in total. The summed E-state index contributed by atoms with van der Waals surface area (Å²) in [5, 5.41) is 7.09. The van der Waals surface area contributed by atoms with Gasteiger partial charge in [0.25, 0.3) is 5.92 Å². The largest absolute Gasteiger partial charge is 0.358 e. The summed E-state index contributed by atoms with van der Waals surface area (Å²) in [6.07, 6.45) is 6.57. The van der Waals surface area contributed by atoms with Gasteiger partial charge >= 0.3 is 0 Å². The van der Waals surface area contributed by atoms with E-state index in [0.29, 0.717) is 5.56 Å². The summed E-state index contributed by atoms with van der Waals surface area (Å²) in [7, 11) is 1.40. The minimum Gasteiger partial charge on any atom is -0.358 e. The standard InChI is InChI=1S/C27H30F2N4O/c1-5-13-26(15-17(2)22-20(26)16-32-33(22)21-8-6-7-14-31-21)19-11-9-18(10-12-19)23-25(3,24(34)30-4)27(23,28)29/h6-12,14,16-17,23H,5,13,15H2,1-4H3,(H,30,34)/t17?,23-,25+,26?/m1/s1. The zero-order valence-electron chi connectivity index (χ0n) is 20.0. The number of nitrogens with zero attached hydrogens (tertiary/aromatic N) is 3. The number of carbonyl (C=O) groups excluding carboxylic acids is 1. The summed E-state index contributed by atoms with van der Waals surface area (Å²) in [6.45, 7) is 5.73. The first kappa shape index (κ1) is 22.7. The molecule has 5 nitrogen and oxygen atoms in total. The van der Waals surface area contributed by atoms with Gasteiger partial charge < -0.3 is 5.32 Å². The molecule has 2 unspecified atom stereocenters. The van der Waals surface area contributed by atoms with E-state index in [0.717, 1.165) is 36.3 Å². The first-order valence-electron chi connectivity index (χ1n) is 11.9. The molecule has 34 heavy (non-hydrogen) atoms. The average Bonchev–Trinajstić information content (AvgIpc) is 3.16. The molecule has 0 spiro atoms. The van der Waals surface area contributed by atoms with Crippen LogP contribution in [0.2, 0.25) is 0 Å². The van der Waals surface area contributed by atoms with Crippen LogP contribution in [0.4, 0.5) is 8.78 Å². The van der Waals surface area contributed by atoms with Gasteiger partial charge in [-0.05, 0) is 43.0 Å². The Balaban J connectivity index is 1.54. The van der Waals surface area contributed by atoms with Crippen LogP contribution in [-0.4, -0.2) is 33.6 Å². The lowest BCUT2D eigenvalue weighted by atomic mass is 9.72. The lowest BCUT2D eigenvalue weighted by molar-refractivity contribution is -0.128. The second-order valence-electron chi connectivity index (χ2n) is 9.94. The van der Waals surface area contributed by atoms with Gasteiger partial charge in [0.05, 0.1) is 17.8 Å². The van der Waals surface area contributed by atoms with Gasteiger partial charge in [-0.15, -0.1) is 0 Å². The number of hydrogen-bond acceptors (Lipinski definition) is 3. The molecule has 2 aromatic heterocycles. The molecule has 1 amide bonds. The third-order valence-corrected chi connectivity index (χ3v) is 8.03. The van der Waals surface area contributed by atoms with E-state index in [2.05, 4.69) is 24.1 Å². The summed E-state index contributed by atoms with van der Waals surface area (Å²) in [4.78, 5) is 16.7. The topological polar surface area (TPSA) is 59.8 Å². The number of nitrogens with one attached hydrogen (secondary N) is 1. The van der Waals surface area contributed by atoms with Gasteiger partial charge in [-0.2, -0.15) is 5.10 Å². The SMILES string of the molecule is CCCC1(c2ccc([C@H]3C(F)(F)[C@]3(C)C(=O)NC)cc2)CC(C)c2c1cnn2-c1ccccn1. The first-order valence-corrected chi connectivity index (χ1v) is 11.9. The highest BCUT2D eigenvalue weighted by Gasteiger charge is 2.82. The molecule has 178 valence electrons. The average molecular weight is 465 g/mol. The highest BCUT2D eigenvalue weighted by molar-refractivity contribution is 5.89. The van der Waals surface area contributed by atoms with E-state index in [-0.39, 0.29) is 11.3 Å². The molecule has 0 bridgehead atoms. The van der Waals surface area contributed by atoms with E-state index >= 15 is 0 Å². The van der Waals surface area contributed by atoms with Crippen LogP contribution in [0.15, 0.2) is 54.9 Å². The van der Waals surface area contributed by atoms with Crippen LogP contribution in [0.3, 0.4) is 0 Å². The molecule has 5 rings (SSSR count). The van der Waals surface area contributed by atoms with Gasteiger partial charge in [-0.25, -0.2) is 18.4 Å². The number of halogens is 2. The van der Waals surface area contributed by atoms with E-state index in [1.165, 1.54) is 19.5 Å². The monoisotopic (exact) mass is 464 g/mol. The van der Waals surface area contributed by atoms with Gasteiger partial charge in [0.15, 0.2) is 5.82 Å². The van der Waals surface area contributed by atoms with Crippen molar-refractivity contribution in [2.45, 2.75) is 63.2 Å². The van der Waals surface area contributed by atoms with Crippen molar-refractivity contribution in [1.82, 2.24) is 20.1 Å². The maximum Gasteiger partial charge on any atom is 0.270 e. The number of hydrogen-bond donors (Lipinski definition) is 1. The zero-order chi connectivity index (χ0) is 24.3. The summed E-state index contributed by atoms with van der Waals surface area (Å²) in [5.74, 6) is -3.72. The molecular weight excluding hydrogens is 434 g/mol. The Hall–Kier alpha value is -3.09. The minimum absolute atomic E-state index is 0.231. The normalized spacial score (nSPS) is 29.0. The zero-order valence-corrected chi connectivity index (χ0v) is 20.0. The van der Waals surface area contributed by atoms with Crippen molar-refractivity contribution in [3.8, 4) is 5.82 Å². The van der Waals surface area contributed by atoms with Crippen molar-refractivity contribution in [3.05, 3.63) is 77.2 Å². The predicted octanol–water partition coefficient (Wildman–Crippen LogP) is 5.35. The van der Waals surface area contributed by atoms with E-state index in [4.69, 9.17) is 5.10 Å². The predicted molar refractivity (Wildman–Crippen MR) is 126 cm³/mol. The summed E-state index contributed by atoms with van der Waals surface area (Å²) >= 11 is 0. The van der Waals surface area contributed by atoms with Crippen molar-refractivity contribution in [3.63, 3.8) is 0 Å². The quantitative estimate of drug-likeness (QED) is 0.535. The number of alkyl halides is 2. The van der Waals surface area contributed by atoms with E-state index in [1.54, 1.807) is 18.3 Å². The van der Waals surface area contributed by atoms with Crippen molar-refractivity contribution >= 4 is 5.91 Å². The number of fused-ring (bicyclic) bond motifs is 1. The number of pyridine rings is 1. The molecule has 4 atom stereocenters. The van der Waals surface area contributed by atoms with Crippen LogP contribution < -0.4 is 5.32 Å². The molecule has 0 radical (unpaired) electrons. The molecule has 1 saturated carbocycles. The second-order valence-corrected chi connectivity index (χ2v) is 9.94. The second kappa shape index (κ2) is 7.72. The van der Waals surface area contributed by atoms with Crippen LogP contribution >= 0.6 is 0 Å². The smallest absolute Gasteiger partial charge is 0.270 e. The molecule has 1 fully saturated rings. The van der Waals surface area contributed by atoms with Gasteiger partial charge in [-0.1, -0.05) is 50.6 Å². The van der Waals surface area contributed by atoms with Crippen LogP contribution in [0, 0.1) is 5.41 Å². The Morgan fingerprint density at radius 2 is 1.94 bits per heavy atom. The van der Waals surface area contributed by atoms with Crippen molar-refractivity contribution < 1.29 is 13.6 Å². The van der Waals surface area contributed by atoms with E-state index < -0.39 is 23.2 Å². The lowest BCUT2D eigenvalue weighted by Gasteiger charge is -2.30. The molecule has 2 heterocycles. The maximum atomic E-state index is 14.7. The Labute approximate surface area is 198 Å². The number of rotatable bonds is 6. The Bertz CT molecular complexity index is 1220. The van der Waals surface area contributed by atoms with E-state index in [1.807, 2.05) is 41.2 Å². The highest BCUT2D eigenvalue weighted by atomic mass is 19.3. The van der Waals surface area contributed by atoms with Gasteiger partial charge in [0, 0.05) is 30.1 Å². The van der Waals surface area contributed by atoms with Crippen LogP contribution in [-0.2, 0) is 10.2 Å².